The summed E-state index contributed by atoms with van der Waals surface area (Å²) in [6.07, 6.45) is 17.8. The number of rotatable bonds is 5. The van der Waals surface area contributed by atoms with E-state index in [0.717, 1.165) is 54.3 Å². The van der Waals surface area contributed by atoms with Crippen molar-refractivity contribution < 1.29 is 0 Å². The fourth-order valence-corrected chi connectivity index (χ4v) is 9.80. The molecule has 1 heterocycles. The van der Waals surface area contributed by atoms with Crippen molar-refractivity contribution >= 4 is 7.85 Å². The minimum atomic E-state index is -0.244. The van der Waals surface area contributed by atoms with E-state index in [1.165, 1.54) is 63.4 Å². The third kappa shape index (κ3) is 3.61. The van der Waals surface area contributed by atoms with Crippen LogP contribution in [0, 0.1) is 53.3 Å². The van der Waals surface area contributed by atoms with E-state index >= 15 is 0 Å². The Kier molecular flexibility index (Phi) is 5.97. The highest BCUT2D eigenvalue weighted by Gasteiger charge is 2.63. The zero-order chi connectivity index (χ0) is 23.6. The van der Waals surface area contributed by atoms with Gasteiger partial charge in [0, 0.05) is 18.9 Å². The van der Waals surface area contributed by atoms with Gasteiger partial charge >= 0.3 is 0 Å². The third-order valence-corrected chi connectivity index (χ3v) is 11.8. The lowest BCUT2D eigenvalue weighted by atomic mass is 9.40. The topological polar surface area (TPSA) is 17.8 Å². The van der Waals surface area contributed by atoms with Gasteiger partial charge in [0.25, 0.3) is 0 Å². The maximum atomic E-state index is 7.38. The summed E-state index contributed by atoms with van der Waals surface area (Å²) in [4.78, 5) is 4.42. The van der Waals surface area contributed by atoms with Crippen LogP contribution in [0.5, 0.6) is 0 Å². The third-order valence-electron chi connectivity index (χ3n) is 11.8. The Hall–Kier alpha value is -0.985. The molecule has 3 heteroatoms. The first-order valence-electron chi connectivity index (χ1n) is 14.0. The Morgan fingerprint density at radius 3 is 2.58 bits per heavy atom. The molecule has 4 aliphatic rings. The van der Waals surface area contributed by atoms with Crippen molar-refractivity contribution in [3.63, 3.8) is 0 Å². The fourth-order valence-electron chi connectivity index (χ4n) is 9.80. The van der Waals surface area contributed by atoms with Crippen molar-refractivity contribution in [2.45, 2.75) is 111 Å². The quantitative estimate of drug-likeness (QED) is 0.334. The summed E-state index contributed by atoms with van der Waals surface area (Å²) in [5, 5.41) is -0.244. The van der Waals surface area contributed by atoms with Gasteiger partial charge < -0.3 is 4.57 Å². The Morgan fingerprint density at radius 2 is 1.88 bits per heavy atom. The van der Waals surface area contributed by atoms with E-state index in [0.29, 0.717) is 5.41 Å². The first-order chi connectivity index (χ1) is 15.6. The van der Waals surface area contributed by atoms with Crippen LogP contribution in [0.15, 0.2) is 24.5 Å². The highest BCUT2D eigenvalue weighted by molar-refractivity contribution is 6.18. The van der Waals surface area contributed by atoms with E-state index in [9.17, 15) is 0 Å². The van der Waals surface area contributed by atoms with E-state index in [-0.39, 0.29) is 10.7 Å². The van der Waals surface area contributed by atoms with Crippen molar-refractivity contribution in [3.05, 3.63) is 30.4 Å². The normalized spacial score (nSPS) is 44.8. The number of fused-ring (bicyclic) bond motifs is 5. The molecule has 4 aliphatic carbocycles. The van der Waals surface area contributed by atoms with Crippen LogP contribution in [0.2, 0.25) is 5.31 Å². The number of aromatic nitrogens is 2. The van der Waals surface area contributed by atoms with Crippen molar-refractivity contribution in [3.8, 4) is 0 Å². The molecule has 8 atom stereocenters. The van der Waals surface area contributed by atoms with Crippen LogP contribution in [-0.4, -0.2) is 17.4 Å². The molecule has 0 N–H and O–H groups in total. The molecule has 2 nitrogen and oxygen atoms in total. The summed E-state index contributed by atoms with van der Waals surface area (Å²) in [7, 11) is 7.38. The number of nitrogens with zero attached hydrogens (tertiary/aromatic N) is 2. The lowest BCUT2D eigenvalue weighted by Crippen LogP contribution is -2.54. The van der Waals surface area contributed by atoms with Crippen LogP contribution in [0.25, 0.3) is 0 Å². The Labute approximate surface area is 204 Å². The predicted molar refractivity (Wildman–Crippen MR) is 139 cm³/mol. The maximum Gasteiger partial charge on any atom is 0.105 e. The molecule has 0 aliphatic heterocycles. The van der Waals surface area contributed by atoms with Gasteiger partial charge in [-0.05, 0) is 116 Å². The van der Waals surface area contributed by atoms with Crippen molar-refractivity contribution in [1.29, 1.82) is 0 Å². The number of hydrogen-bond donors (Lipinski definition) is 0. The molecule has 180 valence electrons. The smallest absolute Gasteiger partial charge is 0.105 e. The molecule has 2 radical (unpaired) electrons. The van der Waals surface area contributed by atoms with Gasteiger partial charge in [-0.25, -0.2) is 4.98 Å². The van der Waals surface area contributed by atoms with E-state index < -0.39 is 0 Å². The average Bonchev–Trinajstić information content (AvgIpc) is 3.28. The monoisotopic (exact) mass is 446 g/mol. The van der Waals surface area contributed by atoms with Crippen LogP contribution in [0.3, 0.4) is 0 Å². The number of aryl methyl sites for hydroxylation is 1. The number of allylic oxidation sites excluding steroid dienone is 1. The lowest BCUT2D eigenvalue weighted by molar-refractivity contribution is -0.115. The molecule has 4 fully saturated rings. The zero-order valence-electron chi connectivity index (χ0n) is 22.1. The van der Waals surface area contributed by atoms with Crippen LogP contribution >= 0.6 is 0 Å². The van der Waals surface area contributed by atoms with Crippen LogP contribution in [0.4, 0.5) is 0 Å². The zero-order valence-corrected chi connectivity index (χ0v) is 22.1. The minimum Gasteiger partial charge on any atom is -0.331 e. The predicted octanol–water partition coefficient (Wildman–Crippen LogP) is 7.78. The molecule has 1 aromatic rings. The molecular formula is C30H47BN2. The molecule has 4 saturated carbocycles. The summed E-state index contributed by atoms with van der Waals surface area (Å²) in [5.74, 6) is 6.41. The van der Waals surface area contributed by atoms with Crippen molar-refractivity contribution in [1.82, 2.24) is 9.55 Å². The van der Waals surface area contributed by atoms with E-state index in [1.54, 1.807) is 0 Å². The first-order valence-corrected chi connectivity index (χ1v) is 14.0. The Morgan fingerprint density at radius 1 is 1.12 bits per heavy atom. The number of imidazole rings is 1. The van der Waals surface area contributed by atoms with Gasteiger partial charge in [-0.15, -0.1) is 0 Å². The fraction of sp³-hybridized carbons (Fsp3) is 0.833. The molecule has 0 amide bonds. The highest BCUT2D eigenvalue weighted by Crippen LogP contribution is 2.73. The molecule has 0 bridgehead atoms. The molecular weight excluding hydrogens is 399 g/mol. The standard InChI is InChI=1S/C30H47BN2/c1-20(2)17-23-9-12-28(5)24(18-23)7-8-25-26(28)10-13-29(6)27(25)11-14-30(29,31)21(3)19-33-16-15-32-22(33)4/h15-16,20,23-27H,3,7-14,17-19H2,1-2,4-6H3. The van der Waals surface area contributed by atoms with Crippen LogP contribution < -0.4 is 0 Å². The molecule has 0 aromatic carbocycles. The van der Waals surface area contributed by atoms with E-state index in [4.69, 9.17) is 7.85 Å². The van der Waals surface area contributed by atoms with Crippen LogP contribution in [0.1, 0.15) is 97.7 Å². The van der Waals surface area contributed by atoms with Gasteiger partial charge in [0.1, 0.15) is 5.82 Å². The molecule has 1 aromatic heterocycles. The lowest BCUT2D eigenvalue weighted by Gasteiger charge is -2.62. The highest BCUT2D eigenvalue weighted by atomic mass is 15.1. The van der Waals surface area contributed by atoms with Gasteiger partial charge in [0.05, 0.1) is 7.85 Å². The second-order valence-corrected chi connectivity index (χ2v) is 13.6. The minimum absolute atomic E-state index is 0.192. The largest absolute Gasteiger partial charge is 0.331 e. The Bertz CT molecular complexity index is 888. The van der Waals surface area contributed by atoms with Crippen LogP contribution in [-0.2, 0) is 6.54 Å². The second-order valence-electron chi connectivity index (χ2n) is 13.6. The SMILES string of the molecule is [B]C1(C(=C)Cn2ccnc2C)CCC2C3CCC4CC(CC(C)C)CCC4(C)C3CCC21C. The summed E-state index contributed by atoms with van der Waals surface area (Å²) < 4.78 is 2.22. The van der Waals surface area contributed by atoms with E-state index in [1.807, 2.05) is 6.20 Å². The van der Waals surface area contributed by atoms with Gasteiger partial charge in [-0.2, -0.15) is 0 Å². The van der Waals surface area contributed by atoms with Crippen molar-refractivity contribution in [2.24, 2.45) is 46.3 Å². The van der Waals surface area contributed by atoms with Gasteiger partial charge in [-0.1, -0.05) is 46.3 Å². The maximum absolute atomic E-state index is 7.38. The van der Waals surface area contributed by atoms with Gasteiger partial charge in [0.15, 0.2) is 0 Å². The molecule has 8 unspecified atom stereocenters. The first kappa shape index (κ1) is 23.7. The van der Waals surface area contributed by atoms with E-state index in [2.05, 4.69) is 56.9 Å². The van der Waals surface area contributed by atoms with Gasteiger partial charge in [0.2, 0.25) is 0 Å². The number of hydrogen-bond acceptors (Lipinski definition) is 1. The molecule has 0 saturated heterocycles. The molecule has 0 spiro atoms. The molecule has 33 heavy (non-hydrogen) atoms. The molecule has 5 rings (SSSR count). The summed E-state index contributed by atoms with van der Waals surface area (Å²) >= 11 is 0. The Balaban J connectivity index is 1.34. The van der Waals surface area contributed by atoms with Gasteiger partial charge in [-0.3, -0.25) is 0 Å². The van der Waals surface area contributed by atoms with Crippen molar-refractivity contribution in [2.75, 3.05) is 0 Å². The second kappa shape index (κ2) is 8.30. The summed E-state index contributed by atoms with van der Waals surface area (Å²) in [5.41, 5.74) is 1.99. The summed E-state index contributed by atoms with van der Waals surface area (Å²) in [6, 6.07) is 0. The summed E-state index contributed by atoms with van der Waals surface area (Å²) in [6.45, 7) is 17.6. The average molecular weight is 447 g/mol.